The van der Waals surface area contributed by atoms with E-state index in [2.05, 4.69) is 45.5 Å². The van der Waals surface area contributed by atoms with Crippen molar-refractivity contribution in [3.8, 4) is 0 Å². The van der Waals surface area contributed by atoms with E-state index >= 15 is 0 Å². The van der Waals surface area contributed by atoms with E-state index in [1.165, 1.54) is 9.13 Å². The first-order valence-corrected chi connectivity index (χ1v) is 4.72. The lowest BCUT2D eigenvalue weighted by Crippen LogP contribution is -1.86. The quantitative estimate of drug-likeness (QED) is 0.687. The molecule has 1 aromatic heterocycles. The highest BCUT2D eigenvalue weighted by molar-refractivity contribution is 14.1. The molecule has 12 heavy (non-hydrogen) atoms. The van der Waals surface area contributed by atoms with Crippen molar-refractivity contribution in [3.05, 3.63) is 33.7 Å². The predicted molar refractivity (Wildman–Crippen MR) is 57.0 cm³/mol. The van der Waals surface area contributed by atoms with Gasteiger partial charge in [-0.1, -0.05) is 0 Å². The molecule has 0 saturated heterocycles. The Hall–Kier alpha value is -0.710. The molecule has 0 bridgehead atoms. The van der Waals surface area contributed by atoms with E-state index in [1.54, 1.807) is 12.4 Å². The summed E-state index contributed by atoms with van der Waals surface area (Å²) in [5.41, 5.74) is 3.16. The van der Waals surface area contributed by atoms with Gasteiger partial charge < -0.3 is 0 Å². The summed E-state index contributed by atoms with van der Waals surface area (Å²) in [5.74, 6) is 0. The summed E-state index contributed by atoms with van der Waals surface area (Å²) < 4.78 is 1.21. The number of aromatic nitrogens is 2. The Labute approximate surface area is 84.2 Å². The number of rotatable bonds is 0. The number of hydrogen-bond acceptors (Lipinski definition) is 2. The number of aryl methyl sites for hydroxylation is 1. The van der Waals surface area contributed by atoms with E-state index in [-0.39, 0.29) is 0 Å². The zero-order valence-corrected chi connectivity index (χ0v) is 8.74. The summed E-state index contributed by atoms with van der Waals surface area (Å²) in [4.78, 5) is 8.49. The topological polar surface area (TPSA) is 25.8 Å². The smallest absolute Gasteiger partial charge is 0.0916 e. The lowest BCUT2D eigenvalue weighted by Gasteiger charge is -1.99. The molecular formula is C9H7IN2. The lowest BCUT2D eigenvalue weighted by molar-refractivity contribution is 1.27. The molecule has 0 aliphatic rings. The van der Waals surface area contributed by atoms with Gasteiger partial charge in [0.25, 0.3) is 0 Å². The van der Waals surface area contributed by atoms with Crippen LogP contribution in [0.25, 0.3) is 11.0 Å². The molecule has 2 rings (SSSR count). The fourth-order valence-electron chi connectivity index (χ4n) is 1.21. The average Bonchev–Trinajstić information content (AvgIpc) is 2.04. The Morgan fingerprint density at radius 2 is 1.92 bits per heavy atom. The van der Waals surface area contributed by atoms with Gasteiger partial charge in [-0.3, -0.25) is 9.97 Å². The summed E-state index contributed by atoms with van der Waals surface area (Å²) in [6, 6.07) is 4.15. The van der Waals surface area contributed by atoms with Gasteiger partial charge in [-0.25, -0.2) is 0 Å². The van der Waals surface area contributed by atoms with E-state index in [1.807, 2.05) is 6.07 Å². The maximum atomic E-state index is 4.26. The van der Waals surface area contributed by atoms with E-state index in [9.17, 15) is 0 Å². The molecule has 0 fully saturated rings. The summed E-state index contributed by atoms with van der Waals surface area (Å²) in [5, 5.41) is 0. The Bertz CT molecular complexity index is 426. The van der Waals surface area contributed by atoms with Crippen LogP contribution in [0.15, 0.2) is 24.5 Å². The van der Waals surface area contributed by atoms with Crippen LogP contribution < -0.4 is 0 Å². The maximum Gasteiger partial charge on any atom is 0.0916 e. The number of fused-ring (bicyclic) bond motifs is 1. The summed E-state index contributed by atoms with van der Waals surface area (Å²) in [6.45, 7) is 2.05. The third kappa shape index (κ3) is 1.29. The van der Waals surface area contributed by atoms with Gasteiger partial charge in [0.1, 0.15) is 0 Å². The van der Waals surface area contributed by atoms with Crippen molar-refractivity contribution in [2.45, 2.75) is 6.92 Å². The zero-order chi connectivity index (χ0) is 8.55. The number of nitrogens with zero attached hydrogens (tertiary/aromatic N) is 2. The molecule has 0 atom stereocenters. The van der Waals surface area contributed by atoms with E-state index in [4.69, 9.17) is 0 Å². The first-order valence-electron chi connectivity index (χ1n) is 3.64. The molecule has 0 radical (unpaired) electrons. The minimum absolute atomic E-state index is 0.974. The molecule has 0 amide bonds. The van der Waals surface area contributed by atoms with Crippen LogP contribution in [0.4, 0.5) is 0 Å². The lowest BCUT2D eigenvalue weighted by atomic mass is 10.2. The summed E-state index contributed by atoms with van der Waals surface area (Å²) >= 11 is 2.29. The molecule has 1 aromatic carbocycles. The highest BCUT2D eigenvalue weighted by Gasteiger charge is 1.99. The van der Waals surface area contributed by atoms with Crippen molar-refractivity contribution >= 4 is 33.6 Å². The highest BCUT2D eigenvalue weighted by atomic mass is 127. The molecular weight excluding hydrogens is 263 g/mol. The van der Waals surface area contributed by atoms with Gasteiger partial charge in [0, 0.05) is 16.0 Å². The number of halogens is 1. The third-order valence-corrected chi connectivity index (χ3v) is 2.35. The van der Waals surface area contributed by atoms with Gasteiger partial charge in [-0.2, -0.15) is 0 Å². The van der Waals surface area contributed by atoms with Crippen molar-refractivity contribution in [1.82, 2.24) is 9.97 Å². The van der Waals surface area contributed by atoms with Crippen molar-refractivity contribution in [3.63, 3.8) is 0 Å². The van der Waals surface area contributed by atoms with Crippen LogP contribution in [-0.4, -0.2) is 9.97 Å². The minimum Gasteiger partial charge on any atom is -0.253 e. The standard InChI is InChI=1S/C9H7IN2/c1-6-4-7(10)5-8-9(6)12-3-2-11-8/h2-5H,1H3. The molecule has 1 heterocycles. The molecule has 0 N–H and O–H groups in total. The van der Waals surface area contributed by atoms with Gasteiger partial charge in [-0.15, -0.1) is 0 Å². The monoisotopic (exact) mass is 270 g/mol. The second-order valence-corrected chi connectivity index (χ2v) is 3.89. The Kier molecular flexibility index (Phi) is 1.96. The highest BCUT2D eigenvalue weighted by Crippen LogP contribution is 2.17. The third-order valence-electron chi connectivity index (χ3n) is 1.73. The van der Waals surface area contributed by atoms with Crippen LogP contribution in [0, 0.1) is 10.5 Å². The van der Waals surface area contributed by atoms with Crippen molar-refractivity contribution in [2.75, 3.05) is 0 Å². The van der Waals surface area contributed by atoms with Gasteiger partial charge in [0.2, 0.25) is 0 Å². The summed E-state index contributed by atoms with van der Waals surface area (Å²) in [6.07, 6.45) is 3.44. The molecule has 0 aliphatic heterocycles. The second kappa shape index (κ2) is 2.97. The van der Waals surface area contributed by atoms with Crippen LogP contribution in [0.2, 0.25) is 0 Å². The van der Waals surface area contributed by atoms with Crippen molar-refractivity contribution in [2.24, 2.45) is 0 Å². The van der Waals surface area contributed by atoms with Gasteiger partial charge >= 0.3 is 0 Å². The normalized spacial score (nSPS) is 10.5. The average molecular weight is 270 g/mol. The van der Waals surface area contributed by atoms with Crippen LogP contribution in [0.5, 0.6) is 0 Å². The Balaban J connectivity index is 2.89. The van der Waals surface area contributed by atoms with E-state index in [0.717, 1.165) is 11.0 Å². The number of benzene rings is 1. The first kappa shape index (κ1) is 7.91. The molecule has 3 heteroatoms. The van der Waals surface area contributed by atoms with Crippen LogP contribution >= 0.6 is 22.6 Å². The first-order chi connectivity index (χ1) is 5.77. The van der Waals surface area contributed by atoms with Crippen molar-refractivity contribution in [1.29, 1.82) is 0 Å². The van der Waals surface area contributed by atoms with Crippen LogP contribution in [0.1, 0.15) is 5.56 Å². The van der Waals surface area contributed by atoms with Gasteiger partial charge in [0.05, 0.1) is 11.0 Å². The predicted octanol–water partition coefficient (Wildman–Crippen LogP) is 2.54. The van der Waals surface area contributed by atoms with Crippen LogP contribution in [-0.2, 0) is 0 Å². The van der Waals surface area contributed by atoms with E-state index < -0.39 is 0 Å². The molecule has 0 saturated carbocycles. The largest absolute Gasteiger partial charge is 0.253 e. The molecule has 2 nitrogen and oxygen atoms in total. The van der Waals surface area contributed by atoms with Crippen LogP contribution in [0.3, 0.4) is 0 Å². The minimum atomic E-state index is 0.974. The number of hydrogen-bond donors (Lipinski definition) is 0. The second-order valence-electron chi connectivity index (χ2n) is 2.65. The molecule has 60 valence electrons. The Morgan fingerprint density at radius 3 is 2.75 bits per heavy atom. The molecule has 0 spiro atoms. The molecule has 2 aromatic rings. The van der Waals surface area contributed by atoms with Gasteiger partial charge in [0.15, 0.2) is 0 Å². The molecule has 0 unspecified atom stereocenters. The summed E-state index contributed by atoms with van der Waals surface area (Å²) in [7, 11) is 0. The SMILES string of the molecule is Cc1cc(I)cc2nccnc12. The van der Waals surface area contributed by atoms with Gasteiger partial charge in [-0.05, 0) is 47.2 Å². The van der Waals surface area contributed by atoms with Crippen molar-refractivity contribution < 1.29 is 0 Å². The maximum absolute atomic E-state index is 4.26. The van der Waals surface area contributed by atoms with E-state index in [0.29, 0.717) is 0 Å². The zero-order valence-electron chi connectivity index (χ0n) is 6.58. The fourth-order valence-corrected chi connectivity index (χ4v) is 1.97. The Morgan fingerprint density at radius 1 is 1.17 bits per heavy atom. The molecule has 0 aliphatic carbocycles. The fraction of sp³-hybridized carbons (Fsp3) is 0.111.